The van der Waals surface area contributed by atoms with Crippen LogP contribution in [-0.2, 0) is 0 Å². The van der Waals surface area contributed by atoms with Gasteiger partial charge in [-0.05, 0) is 51.3 Å². The van der Waals surface area contributed by atoms with Crippen LogP contribution >= 0.6 is 0 Å². The number of nitrogens with one attached hydrogen (secondary N) is 1. The Balaban J connectivity index is 2.16. The summed E-state index contributed by atoms with van der Waals surface area (Å²) in [5.41, 5.74) is 1.41. The average Bonchev–Trinajstić information content (AvgIpc) is 2.48. The first-order valence-corrected chi connectivity index (χ1v) is 8.19. The van der Waals surface area contributed by atoms with Crippen molar-refractivity contribution in [2.75, 3.05) is 13.1 Å². The minimum absolute atomic E-state index is 0.425. The van der Waals surface area contributed by atoms with Crippen LogP contribution < -0.4 is 5.32 Å². The van der Waals surface area contributed by atoms with E-state index in [2.05, 4.69) is 68.2 Å². The lowest BCUT2D eigenvalue weighted by molar-refractivity contribution is 0.0577. The number of hydrogen-bond acceptors (Lipinski definition) is 2. The summed E-state index contributed by atoms with van der Waals surface area (Å²) < 4.78 is 0. The van der Waals surface area contributed by atoms with Crippen molar-refractivity contribution in [3.8, 4) is 0 Å². The van der Waals surface area contributed by atoms with Gasteiger partial charge in [0, 0.05) is 18.1 Å². The zero-order valence-corrected chi connectivity index (χ0v) is 13.5. The van der Waals surface area contributed by atoms with Gasteiger partial charge in [0.1, 0.15) is 0 Å². The molecule has 0 amide bonds. The number of likely N-dealkylation sites (tertiary alicyclic amines) is 1. The maximum absolute atomic E-state index is 3.69. The van der Waals surface area contributed by atoms with E-state index >= 15 is 0 Å². The third kappa shape index (κ3) is 3.42. The van der Waals surface area contributed by atoms with Crippen molar-refractivity contribution in [1.82, 2.24) is 10.2 Å². The van der Waals surface area contributed by atoms with E-state index in [9.17, 15) is 0 Å². The summed E-state index contributed by atoms with van der Waals surface area (Å²) in [5.74, 6) is 0.809. The zero-order chi connectivity index (χ0) is 14.5. The quantitative estimate of drug-likeness (QED) is 0.877. The highest BCUT2D eigenvalue weighted by Crippen LogP contribution is 2.29. The molecular formula is C18H30N2. The lowest BCUT2D eigenvalue weighted by Gasteiger charge is -2.44. The van der Waals surface area contributed by atoms with E-state index in [1.807, 2.05) is 0 Å². The summed E-state index contributed by atoms with van der Waals surface area (Å²) in [6.07, 6.45) is 2.71. The second-order valence-electron chi connectivity index (χ2n) is 6.28. The molecule has 2 heteroatoms. The van der Waals surface area contributed by atoms with E-state index in [-0.39, 0.29) is 0 Å². The van der Waals surface area contributed by atoms with Crippen molar-refractivity contribution in [2.45, 2.75) is 58.7 Å². The van der Waals surface area contributed by atoms with Gasteiger partial charge in [-0.15, -0.1) is 0 Å². The van der Waals surface area contributed by atoms with Gasteiger partial charge in [-0.3, -0.25) is 4.90 Å². The van der Waals surface area contributed by atoms with Crippen molar-refractivity contribution in [3.05, 3.63) is 35.9 Å². The summed E-state index contributed by atoms with van der Waals surface area (Å²) in [6.45, 7) is 11.6. The van der Waals surface area contributed by atoms with Gasteiger partial charge in [0.15, 0.2) is 0 Å². The van der Waals surface area contributed by atoms with Crippen LogP contribution in [0.25, 0.3) is 0 Å². The first-order chi connectivity index (χ1) is 9.65. The Morgan fingerprint density at radius 1 is 1.25 bits per heavy atom. The topological polar surface area (TPSA) is 15.3 Å². The molecular weight excluding hydrogens is 244 g/mol. The molecule has 4 unspecified atom stereocenters. The van der Waals surface area contributed by atoms with Gasteiger partial charge in [0.05, 0.1) is 0 Å². The molecule has 1 heterocycles. The minimum atomic E-state index is 0.425. The molecule has 0 saturated carbocycles. The predicted molar refractivity (Wildman–Crippen MR) is 86.9 cm³/mol. The Bertz CT molecular complexity index is 390. The van der Waals surface area contributed by atoms with Crippen molar-refractivity contribution in [3.63, 3.8) is 0 Å². The third-order valence-electron chi connectivity index (χ3n) is 5.01. The molecule has 1 aliphatic rings. The highest BCUT2D eigenvalue weighted by molar-refractivity contribution is 5.20. The summed E-state index contributed by atoms with van der Waals surface area (Å²) in [6, 6.07) is 12.5. The van der Waals surface area contributed by atoms with E-state index in [1.165, 1.54) is 24.9 Å². The first-order valence-electron chi connectivity index (χ1n) is 8.19. The maximum Gasteiger partial charge on any atom is 0.0475 e. The van der Waals surface area contributed by atoms with Gasteiger partial charge in [0.2, 0.25) is 0 Å². The molecule has 1 aliphatic heterocycles. The van der Waals surface area contributed by atoms with Gasteiger partial charge in [-0.2, -0.15) is 0 Å². The molecule has 0 aromatic heterocycles. The molecule has 1 aromatic carbocycles. The molecule has 1 N–H and O–H groups in total. The van der Waals surface area contributed by atoms with Crippen LogP contribution in [0.3, 0.4) is 0 Å². The molecule has 1 fully saturated rings. The van der Waals surface area contributed by atoms with E-state index in [1.54, 1.807) is 0 Å². The Morgan fingerprint density at radius 2 is 1.95 bits per heavy atom. The molecule has 20 heavy (non-hydrogen) atoms. The van der Waals surface area contributed by atoms with Crippen LogP contribution in [0.4, 0.5) is 0 Å². The van der Waals surface area contributed by atoms with E-state index in [0.717, 1.165) is 12.5 Å². The highest BCUT2D eigenvalue weighted by atomic mass is 15.2. The standard InChI is InChI=1S/C18H30N2/c1-5-19-18(17-11-7-6-8-12-17)16(4)20-13-9-10-14(2)15(20)3/h6-8,11-12,14-16,18-19H,5,9-10,13H2,1-4H3. The van der Waals surface area contributed by atoms with Crippen molar-refractivity contribution < 1.29 is 0 Å². The summed E-state index contributed by atoms with van der Waals surface area (Å²) >= 11 is 0. The fraction of sp³-hybridized carbons (Fsp3) is 0.667. The smallest absolute Gasteiger partial charge is 0.0475 e. The van der Waals surface area contributed by atoms with Crippen LogP contribution in [0.1, 0.15) is 52.1 Å². The van der Waals surface area contributed by atoms with E-state index < -0.39 is 0 Å². The van der Waals surface area contributed by atoms with Crippen LogP contribution in [0, 0.1) is 5.92 Å². The fourth-order valence-electron chi connectivity index (χ4n) is 3.58. The Labute approximate surface area is 124 Å². The normalized spacial score (nSPS) is 27.2. The highest BCUT2D eigenvalue weighted by Gasteiger charge is 2.32. The van der Waals surface area contributed by atoms with E-state index in [4.69, 9.17) is 0 Å². The van der Waals surface area contributed by atoms with Crippen molar-refractivity contribution in [1.29, 1.82) is 0 Å². The summed E-state index contributed by atoms with van der Waals surface area (Å²) in [7, 11) is 0. The van der Waals surface area contributed by atoms with Crippen LogP contribution in [0.2, 0.25) is 0 Å². The largest absolute Gasteiger partial charge is 0.309 e. The predicted octanol–water partition coefficient (Wildman–Crippen LogP) is 3.85. The molecule has 0 aliphatic carbocycles. The lowest BCUT2D eigenvalue weighted by atomic mass is 9.88. The van der Waals surface area contributed by atoms with Gasteiger partial charge in [-0.25, -0.2) is 0 Å². The van der Waals surface area contributed by atoms with Crippen LogP contribution in [-0.4, -0.2) is 30.1 Å². The number of nitrogens with zero attached hydrogens (tertiary/aromatic N) is 1. The molecule has 1 aromatic rings. The van der Waals surface area contributed by atoms with Crippen molar-refractivity contribution >= 4 is 0 Å². The number of piperidine rings is 1. The number of likely N-dealkylation sites (N-methyl/N-ethyl adjacent to an activating group) is 1. The van der Waals surface area contributed by atoms with Gasteiger partial charge < -0.3 is 5.32 Å². The third-order valence-corrected chi connectivity index (χ3v) is 5.01. The number of benzene rings is 1. The Morgan fingerprint density at radius 3 is 2.60 bits per heavy atom. The van der Waals surface area contributed by atoms with Gasteiger partial charge in [0.25, 0.3) is 0 Å². The monoisotopic (exact) mass is 274 g/mol. The van der Waals surface area contributed by atoms with Gasteiger partial charge >= 0.3 is 0 Å². The number of rotatable bonds is 5. The Kier molecular flexibility index (Phi) is 5.62. The molecule has 0 bridgehead atoms. The minimum Gasteiger partial charge on any atom is -0.309 e. The lowest BCUT2D eigenvalue weighted by Crippen LogP contribution is -2.51. The first kappa shape index (κ1) is 15.5. The SMILES string of the molecule is CCNC(c1ccccc1)C(C)N1CCCC(C)C1C. The number of hydrogen-bond donors (Lipinski definition) is 1. The van der Waals surface area contributed by atoms with E-state index in [0.29, 0.717) is 18.1 Å². The molecule has 4 atom stereocenters. The maximum atomic E-state index is 3.69. The molecule has 1 saturated heterocycles. The van der Waals surface area contributed by atoms with Crippen LogP contribution in [0.5, 0.6) is 0 Å². The summed E-state index contributed by atoms with van der Waals surface area (Å²) in [4.78, 5) is 2.70. The second-order valence-corrected chi connectivity index (χ2v) is 6.28. The molecule has 2 nitrogen and oxygen atoms in total. The molecule has 0 spiro atoms. The fourth-order valence-corrected chi connectivity index (χ4v) is 3.58. The molecule has 0 radical (unpaired) electrons. The average molecular weight is 274 g/mol. The zero-order valence-electron chi connectivity index (χ0n) is 13.5. The van der Waals surface area contributed by atoms with Crippen LogP contribution in [0.15, 0.2) is 30.3 Å². The summed E-state index contributed by atoms with van der Waals surface area (Å²) in [5, 5.41) is 3.69. The van der Waals surface area contributed by atoms with Gasteiger partial charge in [-0.1, -0.05) is 44.2 Å². The Hall–Kier alpha value is -0.860. The van der Waals surface area contributed by atoms with Crippen molar-refractivity contribution in [2.24, 2.45) is 5.92 Å². The molecule has 2 rings (SSSR count). The molecule has 112 valence electrons. The second kappa shape index (κ2) is 7.24.